The Labute approximate surface area is 267 Å². The average molecular weight is 640 g/mol. The first kappa shape index (κ1) is 35.5. The third-order valence-corrected chi connectivity index (χ3v) is 9.14. The van der Waals surface area contributed by atoms with Gasteiger partial charge in [-0.25, -0.2) is 8.42 Å². The van der Waals surface area contributed by atoms with Crippen LogP contribution in [0, 0.1) is 5.92 Å². The molecule has 3 aromatic carbocycles. The molecular formula is C34H45N3O7S. The lowest BCUT2D eigenvalue weighted by Crippen LogP contribution is -2.51. The molecule has 0 aliphatic carbocycles. The Morgan fingerprint density at radius 3 is 2.09 bits per heavy atom. The second-order valence-corrected chi connectivity index (χ2v) is 13.3. The molecule has 10 nitrogen and oxygen atoms in total. The van der Waals surface area contributed by atoms with Crippen LogP contribution in [0.15, 0.2) is 77.7 Å². The number of nitrogens with zero attached hydrogens (tertiary/aromatic N) is 2. The summed E-state index contributed by atoms with van der Waals surface area (Å²) >= 11 is 0. The van der Waals surface area contributed by atoms with E-state index in [2.05, 4.69) is 5.32 Å². The fourth-order valence-corrected chi connectivity index (χ4v) is 6.56. The van der Waals surface area contributed by atoms with Crippen LogP contribution in [0.5, 0.6) is 11.5 Å². The van der Waals surface area contributed by atoms with Crippen LogP contribution in [0.3, 0.4) is 0 Å². The zero-order chi connectivity index (χ0) is 33.1. The van der Waals surface area contributed by atoms with Crippen LogP contribution in [-0.4, -0.2) is 87.6 Å². The van der Waals surface area contributed by atoms with Crippen LogP contribution in [0.4, 0.5) is 0 Å². The standard InChI is InChI=1S/C34H45N3O7S/c1-7-17-36(4)34(40)27-19-26(20-29(21-27)44-6)33(39)35-31(18-25-11-9-8-10-12-25)32(38)23-37(22-24(2)3)45(41,42)30-15-13-28(43-5)14-16-30/h8-16,19-21,24,31-32,38H,7,17-18,22-23H2,1-6H3,(H,35,39)/t31-,32+/m0/s1. The number of benzene rings is 3. The van der Waals surface area contributed by atoms with Crippen LogP contribution in [-0.2, 0) is 16.4 Å². The molecule has 0 spiro atoms. The monoisotopic (exact) mass is 639 g/mol. The van der Waals surface area contributed by atoms with Gasteiger partial charge in [0.15, 0.2) is 0 Å². The number of carbonyl (C=O) groups is 2. The zero-order valence-corrected chi connectivity index (χ0v) is 27.7. The maximum Gasteiger partial charge on any atom is 0.253 e. The number of sulfonamides is 1. The minimum atomic E-state index is -3.99. The summed E-state index contributed by atoms with van der Waals surface area (Å²) in [6, 6.07) is 19.1. The van der Waals surface area contributed by atoms with Gasteiger partial charge >= 0.3 is 0 Å². The third-order valence-electron chi connectivity index (χ3n) is 7.29. The lowest BCUT2D eigenvalue weighted by Gasteiger charge is -2.31. The molecule has 0 aromatic heterocycles. The van der Waals surface area contributed by atoms with E-state index in [0.29, 0.717) is 23.6 Å². The van der Waals surface area contributed by atoms with E-state index in [-0.39, 0.29) is 41.8 Å². The predicted octanol–water partition coefficient (Wildman–Crippen LogP) is 4.23. The first-order valence-electron chi connectivity index (χ1n) is 15.0. The summed E-state index contributed by atoms with van der Waals surface area (Å²) in [5.74, 6) is 0.0402. The molecule has 0 unspecified atom stereocenters. The Morgan fingerprint density at radius 1 is 0.889 bits per heavy atom. The van der Waals surface area contributed by atoms with Gasteiger partial charge in [-0.05, 0) is 66.8 Å². The SMILES string of the molecule is CCCN(C)C(=O)c1cc(OC)cc(C(=O)N[C@@H](Cc2ccccc2)[C@H](O)CN(CC(C)C)S(=O)(=O)c2ccc(OC)cc2)c1. The number of rotatable bonds is 16. The van der Waals surface area contributed by atoms with Crippen LogP contribution in [0.25, 0.3) is 0 Å². The molecule has 3 aromatic rings. The van der Waals surface area contributed by atoms with Gasteiger partial charge in [-0.2, -0.15) is 4.31 Å². The summed E-state index contributed by atoms with van der Waals surface area (Å²) in [7, 11) is 0.656. The van der Waals surface area contributed by atoms with E-state index in [1.807, 2.05) is 51.1 Å². The van der Waals surface area contributed by atoms with E-state index in [9.17, 15) is 23.1 Å². The van der Waals surface area contributed by atoms with Crippen molar-refractivity contribution in [1.29, 1.82) is 0 Å². The summed E-state index contributed by atoms with van der Waals surface area (Å²) in [6.45, 7) is 6.21. The van der Waals surface area contributed by atoms with Gasteiger partial charge in [-0.3, -0.25) is 9.59 Å². The van der Waals surface area contributed by atoms with Gasteiger partial charge < -0.3 is 24.8 Å². The number of carbonyl (C=O) groups excluding carboxylic acids is 2. The lowest BCUT2D eigenvalue weighted by atomic mass is 10.00. The first-order chi connectivity index (χ1) is 21.4. The van der Waals surface area contributed by atoms with Crippen molar-refractivity contribution in [2.75, 3.05) is 40.9 Å². The van der Waals surface area contributed by atoms with Gasteiger partial charge in [-0.1, -0.05) is 51.1 Å². The number of amides is 2. The quantitative estimate of drug-likeness (QED) is 0.240. The molecule has 2 atom stereocenters. The molecular weight excluding hydrogens is 594 g/mol. The molecule has 3 rings (SSSR count). The Bertz CT molecular complexity index is 1510. The van der Waals surface area contributed by atoms with E-state index < -0.39 is 28.1 Å². The largest absolute Gasteiger partial charge is 0.497 e. The topological polar surface area (TPSA) is 125 Å². The van der Waals surface area contributed by atoms with Crippen molar-refractivity contribution in [3.63, 3.8) is 0 Å². The number of methoxy groups -OCH3 is 2. The summed E-state index contributed by atoms with van der Waals surface area (Å²) in [4.78, 5) is 28.4. The third kappa shape index (κ3) is 9.78. The molecule has 2 amide bonds. The highest BCUT2D eigenvalue weighted by atomic mass is 32.2. The zero-order valence-electron chi connectivity index (χ0n) is 26.9. The van der Waals surface area contributed by atoms with E-state index in [0.717, 1.165) is 12.0 Å². The Kier molecular flexibility index (Phi) is 13.0. The summed E-state index contributed by atoms with van der Waals surface area (Å²) in [6.07, 6.45) is -0.259. The van der Waals surface area contributed by atoms with Gasteiger partial charge in [0.05, 0.1) is 31.3 Å². The molecule has 2 N–H and O–H groups in total. The van der Waals surface area contributed by atoms with Gasteiger partial charge in [0, 0.05) is 37.8 Å². The average Bonchev–Trinajstić information content (AvgIpc) is 3.03. The number of hydrogen-bond acceptors (Lipinski definition) is 7. The molecule has 0 saturated carbocycles. The second-order valence-electron chi connectivity index (χ2n) is 11.4. The fourth-order valence-electron chi connectivity index (χ4n) is 4.94. The van der Waals surface area contributed by atoms with Gasteiger partial charge in [0.2, 0.25) is 10.0 Å². The Hall–Kier alpha value is -3.93. The molecule has 0 bridgehead atoms. The highest BCUT2D eigenvalue weighted by Crippen LogP contribution is 2.23. The van der Waals surface area contributed by atoms with Crippen molar-refractivity contribution in [3.8, 4) is 11.5 Å². The molecule has 0 radical (unpaired) electrons. The Balaban J connectivity index is 1.94. The van der Waals surface area contributed by atoms with Crippen LogP contribution in [0.1, 0.15) is 53.5 Å². The molecule has 0 heterocycles. The minimum Gasteiger partial charge on any atom is -0.497 e. The number of hydrogen-bond donors (Lipinski definition) is 2. The van der Waals surface area contributed by atoms with Gasteiger partial charge in [0.25, 0.3) is 11.8 Å². The highest BCUT2D eigenvalue weighted by Gasteiger charge is 2.32. The molecule has 11 heteroatoms. The van der Waals surface area contributed by atoms with E-state index in [1.165, 1.54) is 42.8 Å². The molecule has 0 aliphatic rings. The Morgan fingerprint density at radius 2 is 1.51 bits per heavy atom. The van der Waals surface area contributed by atoms with Gasteiger partial charge in [-0.15, -0.1) is 0 Å². The van der Waals surface area contributed by atoms with Crippen LogP contribution >= 0.6 is 0 Å². The predicted molar refractivity (Wildman–Crippen MR) is 174 cm³/mol. The van der Waals surface area contributed by atoms with Crippen molar-refractivity contribution >= 4 is 21.8 Å². The lowest BCUT2D eigenvalue weighted by molar-refractivity contribution is 0.0775. The maximum absolute atomic E-state index is 13.7. The minimum absolute atomic E-state index is 0.0361. The summed E-state index contributed by atoms with van der Waals surface area (Å²) in [5, 5.41) is 14.5. The molecule has 0 fully saturated rings. The smallest absolute Gasteiger partial charge is 0.253 e. The van der Waals surface area contributed by atoms with Crippen molar-refractivity contribution in [1.82, 2.24) is 14.5 Å². The first-order valence-corrected chi connectivity index (χ1v) is 16.4. The normalized spacial score (nSPS) is 12.9. The number of ether oxygens (including phenoxy) is 2. The summed E-state index contributed by atoms with van der Waals surface area (Å²) in [5.41, 5.74) is 1.32. The van der Waals surface area contributed by atoms with Crippen LogP contribution in [0.2, 0.25) is 0 Å². The number of nitrogens with one attached hydrogen (secondary N) is 1. The summed E-state index contributed by atoms with van der Waals surface area (Å²) < 4.78 is 39.3. The fraction of sp³-hybridized carbons (Fsp3) is 0.412. The molecule has 0 saturated heterocycles. The number of aliphatic hydroxyl groups is 1. The van der Waals surface area contributed by atoms with E-state index in [4.69, 9.17) is 9.47 Å². The van der Waals surface area contributed by atoms with Crippen molar-refractivity contribution in [2.24, 2.45) is 5.92 Å². The van der Waals surface area contributed by atoms with Crippen LogP contribution < -0.4 is 14.8 Å². The van der Waals surface area contributed by atoms with Crippen molar-refractivity contribution in [3.05, 3.63) is 89.5 Å². The maximum atomic E-state index is 13.7. The van der Waals surface area contributed by atoms with Crippen molar-refractivity contribution in [2.45, 2.75) is 50.7 Å². The van der Waals surface area contributed by atoms with E-state index in [1.54, 1.807) is 30.1 Å². The second kappa shape index (κ2) is 16.4. The number of aliphatic hydroxyl groups excluding tert-OH is 1. The van der Waals surface area contributed by atoms with Gasteiger partial charge in [0.1, 0.15) is 11.5 Å². The molecule has 244 valence electrons. The molecule has 45 heavy (non-hydrogen) atoms. The highest BCUT2D eigenvalue weighted by molar-refractivity contribution is 7.89. The molecule has 0 aliphatic heterocycles. The van der Waals surface area contributed by atoms with Crippen molar-refractivity contribution < 1.29 is 32.6 Å². The van der Waals surface area contributed by atoms with E-state index >= 15 is 0 Å².